The van der Waals surface area contributed by atoms with Crippen LogP contribution in [0.1, 0.15) is 11.1 Å². The minimum Gasteiger partial charge on any atom is -0.382 e. The Morgan fingerprint density at radius 2 is 1.78 bits per heavy atom. The molecule has 1 fully saturated rings. The molecule has 13 heteroatoms. The van der Waals surface area contributed by atoms with Gasteiger partial charge in [0.15, 0.2) is 5.82 Å². The Balaban J connectivity index is 1.22. The van der Waals surface area contributed by atoms with Crippen molar-refractivity contribution in [1.29, 1.82) is 0 Å². The molecule has 1 saturated heterocycles. The number of alkyl halides is 1. The van der Waals surface area contributed by atoms with Crippen LogP contribution in [-0.4, -0.2) is 91.0 Å². The molecule has 5 heterocycles. The molecule has 0 aromatic carbocycles. The highest BCUT2D eigenvalue weighted by atomic mass is 19.1. The average Bonchev–Trinajstić information content (AvgIpc) is 3.62. The first-order valence-electron chi connectivity index (χ1n) is 11.3. The standard InChI is InChI=1S/C23H24FN11O/c1-36-15-20-14-33(6-7-35(20)23-29-16-30-32-23)22-27-10-18(11-28-22)3-2-17-8-25-21(26-9-17)19-12-31-34(13-19)5-4-24/h8-13,16,20H,4-7,14-15H2,1H3,(H,29,30,32)/t20-/m1/s1. The zero-order chi connectivity index (χ0) is 24.7. The summed E-state index contributed by atoms with van der Waals surface area (Å²) in [6, 6.07) is 0.0841. The lowest BCUT2D eigenvalue weighted by molar-refractivity contribution is 0.173. The van der Waals surface area contributed by atoms with Gasteiger partial charge < -0.3 is 14.5 Å². The molecule has 0 bridgehead atoms. The number of methoxy groups -OCH3 is 1. The van der Waals surface area contributed by atoms with Crippen LogP contribution in [0.2, 0.25) is 0 Å². The summed E-state index contributed by atoms with van der Waals surface area (Å²) in [6.07, 6.45) is 11.5. The van der Waals surface area contributed by atoms with E-state index in [1.807, 2.05) is 0 Å². The third-order valence-corrected chi connectivity index (χ3v) is 5.65. The summed E-state index contributed by atoms with van der Waals surface area (Å²) in [6.45, 7) is 2.44. The number of hydrogen-bond acceptors (Lipinski definition) is 10. The Labute approximate surface area is 206 Å². The first-order chi connectivity index (χ1) is 17.7. The molecule has 0 amide bonds. The lowest BCUT2D eigenvalue weighted by Gasteiger charge is -2.40. The van der Waals surface area contributed by atoms with Gasteiger partial charge in [0.05, 0.1) is 42.1 Å². The van der Waals surface area contributed by atoms with Gasteiger partial charge in [0.1, 0.15) is 13.0 Å². The van der Waals surface area contributed by atoms with E-state index in [-0.39, 0.29) is 12.6 Å². The van der Waals surface area contributed by atoms with E-state index in [0.717, 1.165) is 24.6 Å². The predicted octanol–water partition coefficient (Wildman–Crippen LogP) is 0.959. The molecule has 1 aliphatic rings. The number of hydrogen-bond donors (Lipinski definition) is 1. The number of nitrogens with zero attached hydrogens (tertiary/aromatic N) is 10. The third kappa shape index (κ3) is 5.28. The minimum absolute atomic E-state index is 0.0841. The summed E-state index contributed by atoms with van der Waals surface area (Å²) in [5.41, 5.74) is 2.07. The second kappa shape index (κ2) is 10.9. The fourth-order valence-corrected chi connectivity index (χ4v) is 3.91. The monoisotopic (exact) mass is 489 g/mol. The van der Waals surface area contributed by atoms with Crippen molar-refractivity contribution in [3.05, 3.63) is 54.6 Å². The number of halogens is 1. The smallest absolute Gasteiger partial charge is 0.225 e. The minimum atomic E-state index is -0.476. The molecule has 5 rings (SSSR count). The highest BCUT2D eigenvalue weighted by Gasteiger charge is 2.30. The summed E-state index contributed by atoms with van der Waals surface area (Å²) in [4.78, 5) is 26.2. The van der Waals surface area contributed by atoms with Crippen LogP contribution in [0.5, 0.6) is 0 Å². The van der Waals surface area contributed by atoms with Gasteiger partial charge in [-0.15, -0.1) is 0 Å². The highest BCUT2D eigenvalue weighted by molar-refractivity contribution is 5.52. The van der Waals surface area contributed by atoms with Gasteiger partial charge in [-0.05, 0) is 0 Å². The molecule has 0 unspecified atom stereocenters. The van der Waals surface area contributed by atoms with E-state index in [2.05, 4.69) is 61.9 Å². The van der Waals surface area contributed by atoms with Crippen LogP contribution in [0.15, 0.2) is 43.5 Å². The van der Waals surface area contributed by atoms with Crippen LogP contribution in [0.4, 0.5) is 16.3 Å². The molecule has 36 heavy (non-hydrogen) atoms. The summed E-state index contributed by atoms with van der Waals surface area (Å²) in [5.74, 6) is 7.95. The van der Waals surface area contributed by atoms with E-state index < -0.39 is 6.67 Å². The first-order valence-corrected chi connectivity index (χ1v) is 11.3. The van der Waals surface area contributed by atoms with Crippen molar-refractivity contribution in [2.24, 2.45) is 0 Å². The molecule has 0 saturated carbocycles. The fraction of sp³-hybridized carbons (Fsp3) is 0.348. The summed E-state index contributed by atoms with van der Waals surface area (Å²) in [7, 11) is 1.68. The molecule has 1 aliphatic heterocycles. The second-order valence-electron chi connectivity index (χ2n) is 8.06. The molecule has 4 aromatic rings. The summed E-state index contributed by atoms with van der Waals surface area (Å²) < 4.78 is 19.4. The van der Waals surface area contributed by atoms with Crippen molar-refractivity contribution in [3.63, 3.8) is 0 Å². The van der Waals surface area contributed by atoms with Gasteiger partial charge in [-0.2, -0.15) is 15.2 Å². The van der Waals surface area contributed by atoms with Crippen LogP contribution in [0.3, 0.4) is 0 Å². The number of aromatic amines is 1. The van der Waals surface area contributed by atoms with E-state index in [1.54, 1.807) is 44.3 Å². The average molecular weight is 490 g/mol. The number of aryl methyl sites for hydroxylation is 1. The zero-order valence-electron chi connectivity index (χ0n) is 19.6. The Hall–Kier alpha value is -4.44. The fourth-order valence-electron chi connectivity index (χ4n) is 3.91. The van der Waals surface area contributed by atoms with Gasteiger partial charge in [-0.25, -0.2) is 29.4 Å². The summed E-state index contributed by atoms with van der Waals surface area (Å²) >= 11 is 0. The molecule has 1 atom stereocenters. The lowest BCUT2D eigenvalue weighted by atomic mass is 10.2. The van der Waals surface area contributed by atoms with Crippen LogP contribution < -0.4 is 9.80 Å². The van der Waals surface area contributed by atoms with Gasteiger partial charge in [-0.1, -0.05) is 11.8 Å². The van der Waals surface area contributed by atoms with Crippen molar-refractivity contribution < 1.29 is 9.13 Å². The number of aromatic nitrogens is 9. The van der Waals surface area contributed by atoms with Crippen molar-refractivity contribution in [2.75, 3.05) is 49.8 Å². The topological polar surface area (TPSA) is 127 Å². The van der Waals surface area contributed by atoms with Crippen molar-refractivity contribution in [2.45, 2.75) is 12.6 Å². The number of H-pyrrole nitrogens is 1. The van der Waals surface area contributed by atoms with E-state index in [1.165, 1.54) is 11.0 Å². The third-order valence-electron chi connectivity index (χ3n) is 5.65. The molecule has 184 valence electrons. The maximum atomic E-state index is 12.5. The van der Waals surface area contributed by atoms with Crippen LogP contribution in [0, 0.1) is 11.8 Å². The van der Waals surface area contributed by atoms with Gasteiger partial charge in [0, 0.05) is 57.7 Å². The summed E-state index contributed by atoms with van der Waals surface area (Å²) in [5, 5.41) is 11.0. The number of piperazine rings is 1. The number of ether oxygens (including phenoxy) is 1. The molecule has 4 aromatic heterocycles. The molecule has 0 spiro atoms. The van der Waals surface area contributed by atoms with Crippen molar-refractivity contribution >= 4 is 11.9 Å². The van der Waals surface area contributed by atoms with E-state index >= 15 is 0 Å². The molecule has 12 nitrogen and oxygen atoms in total. The van der Waals surface area contributed by atoms with Gasteiger partial charge in [-0.3, -0.25) is 4.68 Å². The number of rotatable bonds is 7. The van der Waals surface area contributed by atoms with Crippen molar-refractivity contribution in [3.8, 4) is 23.2 Å². The highest BCUT2D eigenvalue weighted by Crippen LogP contribution is 2.19. The number of anilines is 2. The maximum absolute atomic E-state index is 12.5. The van der Waals surface area contributed by atoms with E-state index in [9.17, 15) is 4.39 Å². The lowest BCUT2D eigenvalue weighted by Crippen LogP contribution is -2.56. The Morgan fingerprint density at radius 3 is 2.44 bits per heavy atom. The van der Waals surface area contributed by atoms with Crippen molar-refractivity contribution in [1.82, 2.24) is 44.9 Å². The molecule has 0 aliphatic carbocycles. The largest absolute Gasteiger partial charge is 0.382 e. The first kappa shape index (κ1) is 23.3. The maximum Gasteiger partial charge on any atom is 0.225 e. The van der Waals surface area contributed by atoms with Crippen LogP contribution in [-0.2, 0) is 11.3 Å². The molecular formula is C23H24FN11O. The quantitative estimate of drug-likeness (QED) is 0.375. The van der Waals surface area contributed by atoms with Crippen LogP contribution >= 0.6 is 0 Å². The SMILES string of the molecule is COC[C@H]1CN(c2ncc(C#Cc3cnc(-c4cnn(CCF)c4)nc3)cn2)CCN1c1ncn[nH]1. The normalized spacial score (nSPS) is 15.6. The zero-order valence-corrected chi connectivity index (χ0v) is 19.6. The molecule has 1 N–H and O–H groups in total. The van der Waals surface area contributed by atoms with Gasteiger partial charge >= 0.3 is 0 Å². The van der Waals surface area contributed by atoms with Gasteiger partial charge in [0.25, 0.3) is 0 Å². The van der Waals surface area contributed by atoms with Crippen LogP contribution in [0.25, 0.3) is 11.4 Å². The predicted molar refractivity (Wildman–Crippen MR) is 129 cm³/mol. The second-order valence-corrected chi connectivity index (χ2v) is 8.06. The Morgan fingerprint density at radius 1 is 1.03 bits per heavy atom. The van der Waals surface area contributed by atoms with E-state index in [4.69, 9.17) is 4.74 Å². The Kier molecular flexibility index (Phi) is 7.04. The van der Waals surface area contributed by atoms with Gasteiger partial charge in [0.2, 0.25) is 11.9 Å². The molecular weight excluding hydrogens is 465 g/mol. The number of nitrogens with one attached hydrogen (secondary N) is 1. The van der Waals surface area contributed by atoms with E-state index in [0.29, 0.717) is 36.1 Å². The molecule has 0 radical (unpaired) electrons. The Bertz CT molecular complexity index is 1310.